The van der Waals surface area contributed by atoms with E-state index in [-0.39, 0.29) is 18.4 Å². The third-order valence-electron chi connectivity index (χ3n) is 4.44. The predicted octanol–water partition coefficient (Wildman–Crippen LogP) is 4.87. The summed E-state index contributed by atoms with van der Waals surface area (Å²) in [5.41, 5.74) is 0. The Hall–Kier alpha value is -1.10. The van der Waals surface area contributed by atoms with Crippen LogP contribution < -0.4 is 0 Å². The van der Waals surface area contributed by atoms with Crippen molar-refractivity contribution in [2.75, 3.05) is 34.3 Å². The summed E-state index contributed by atoms with van der Waals surface area (Å²) in [6.07, 6.45) is 11.6. The first-order chi connectivity index (χ1) is 12.8. The molecule has 0 rings (SSSR count). The second-order valence-electron chi connectivity index (χ2n) is 8.59. The number of unbranched alkanes of at least 4 members (excludes halogenated alkanes) is 8. The molecule has 0 N–H and O–H groups in total. The summed E-state index contributed by atoms with van der Waals surface area (Å²) in [4.78, 5) is 24.2. The lowest BCUT2D eigenvalue weighted by Gasteiger charge is -2.28. The van der Waals surface area contributed by atoms with Gasteiger partial charge in [-0.05, 0) is 12.8 Å². The van der Waals surface area contributed by atoms with E-state index in [0.717, 1.165) is 25.7 Å². The molecule has 0 radical (unpaired) electrons. The molecule has 5 nitrogen and oxygen atoms in total. The Morgan fingerprint density at radius 2 is 1.33 bits per heavy atom. The van der Waals surface area contributed by atoms with Crippen molar-refractivity contribution >= 4 is 11.9 Å². The molecule has 0 aromatic carbocycles. The number of nitrogens with zero attached hydrogens (tertiary/aromatic N) is 1. The average Bonchev–Trinajstić information content (AvgIpc) is 2.56. The van der Waals surface area contributed by atoms with E-state index in [0.29, 0.717) is 24.1 Å². The second kappa shape index (κ2) is 15.9. The van der Waals surface area contributed by atoms with Gasteiger partial charge in [0, 0.05) is 6.42 Å². The average molecular weight is 387 g/mol. The molecular weight excluding hydrogens is 342 g/mol. The summed E-state index contributed by atoms with van der Waals surface area (Å²) in [5, 5.41) is 0. The standard InChI is InChI=1S/C22H44NO4/c1-6-8-10-11-12-13-14-15-16-21(24)27-20(19-23(3,4)5)18-22(25)26-17-9-7-2/h20H,6-19H2,1-5H3/q+1. The van der Waals surface area contributed by atoms with Crippen molar-refractivity contribution in [2.24, 2.45) is 0 Å². The molecule has 1 unspecified atom stereocenters. The molecule has 0 fully saturated rings. The minimum Gasteiger partial charge on any atom is -0.466 e. The van der Waals surface area contributed by atoms with Crippen LogP contribution >= 0.6 is 0 Å². The molecule has 0 aliphatic heterocycles. The molecular formula is C22H44NO4+. The van der Waals surface area contributed by atoms with Crippen LogP contribution in [0, 0.1) is 0 Å². The maximum absolute atomic E-state index is 12.2. The van der Waals surface area contributed by atoms with Crippen molar-refractivity contribution in [1.82, 2.24) is 0 Å². The van der Waals surface area contributed by atoms with Gasteiger partial charge in [-0.15, -0.1) is 0 Å². The van der Waals surface area contributed by atoms with Crippen molar-refractivity contribution in [1.29, 1.82) is 0 Å². The number of rotatable bonds is 17. The topological polar surface area (TPSA) is 52.6 Å². The predicted molar refractivity (Wildman–Crippen MR) is 110 cm³/mol. The van der Waals surface area contributed by atoms with Gasteiger partial charge in [0.25, 0.3) is 0 Å². The monoisotopic (exact) mass is 386 g/mol. The molecule has 0 heterocycles. The zero-order valence-electron chi connectivity index (χ0n) is 18.6. The lowest BCUT2D eigenvalue weighted by atomic mass is 10.1. The minimum absolute atomic E-state index is 0.141. The van der Waals surface area contributed by atoms with Crippen LogP contribution in [0.3, 0.4) is 0 Å². The van der Waals surface area contributed by atoms with E-state index in [1.165, 1.54) is 38.5 Å². The maximum Gasteiger partial charge on any atom is 0.309 e. The number of carbonyl (C=O) groups excluding carboxylic acids is 2. The molecule has 0 amide bonds. The SMILES string of the molecule is CCCCCCCCCCC(=O)OC(CC(=O)OCCCC)C[N+](C)(C)C. The van der Waals surface area contributed by atoms with Crippen LogP contribution in [0.15, 0.2) is 0 Å². The molecule has 0 aromatic rings. The molecule has 160 valence electrons. The molecule has 0 bridgehead atoms. The van der Waals surface area contributed by atoms with Gasteiger partial charge in [-0.1, -0.05) is 65.2 Å². The summed E-state index contributed by atoms with van der Waals surface area (Å²) in [7, 11) is 6.09. The first kappa shape index (κ1) is 25.9. The Labute approximate surface area is 167 Å². The van der Waals surface area contributed by atoms with Crippen LogP contribution in [0.25, 0.3) is 0 Å². The highest BCUT2D eigenvalue weighted by atomic mass is 16.6. The van der Waals surface area contributed by atoms with Crippen LogP contribution in [-0.4, -0.2) is 56.8 Å². The van der Waals surface area contributed by atoms with Gasteiger partial charge in [-0.3, -0.25) is 9.59 Å². The molecule has 0 saturated carbocycles. The smallest absolute Gasteiger partial charge is 0.309 e. The van der Waals surface area contributed by atoms with Crippen molar-refractivity contribution < 1.29 is 23.5 Å². The van der Waals surface area contributed by atoms with Gasteiger partial charge in [0.1, 0.15) is 6.54 Å². The number of hydrogen-bond acceptors (Lipinski definition) is 4. The first-order valence-corrected chi connectivity index (χ1v) is 10.9. The highest BCUT2D eigenvalue weighted by molar-refractivity contribution is 5.72. The van der Waals surface area contributed by atoms with E-state index in [2.05, 4.69) is 13.8 Å². The number of esters is 2. The van der Waals surface area contributed by atoms with Crippen LogP contribution in [0.4, 0.5) is 0 Å². The maximum atomic E-state index is 12.2. The fourth-order valence-corrected chi connectivity index (χ4v) is 2.98. The molecule has 0 aromatic heterocycles. The first-order valence-electron chi connectivity index (χ1n) is 10.9. The Bertz CT molecular complexity index is 390. The zero-order chi connectivity index (χ0) is 20.5. The Morgan fingerprint density at radius 3 is 1.89 bits per heavy atom. The largest absolute Gasteiger partial charge is 0.466 e. The summed E-state index contributed by atoms with van der Waals surface area (Å²) in [5.74, 6) is -0.470. The van der Waals surface area contributed by atoms with E-state index in [4.69, 9.17) is 9.47 Å². The number of hydrogen-bond donors (Lipinski definition) is 0. The van der Waals surface area contributed by atoms with Gasteiger partial charge in [0.15, 0.2) is 6.10 Å². The highest BCUT2D eigenvalue weighted by Gasteiger charge is 2.25. The van der Waals surface area contributed by atoms with Gasteiger partial charge >= 0.3 is 11.9 Å². The fourth-order valence-electron chi connectivity index (χ4n) is 2.98. The third-order valence-corrected chi connectivity index (χ3v) is 4.44. The van der Waals surface area contributed by atoms with E-state index in [1.807, 2.05) is 21.1 Å². The Morgan fingerprint density at radius 1 is 0.778 bits per heavy atom. The molecule has 1 atom stereocenters. The van der Waals surface area contributed by atoms with Gasteiger partial charge in [0.2, 0.25) is 0 Å². The van der Waals surface area contributed by atoms with Gasteiger partial charge in [-0.25, -0.2) is 0 Å². The number of likely N-dealkylation sites (N-methyl/N-ethyl adjacent to an activating group) is 1. The summed E-state index contributed by atoms with van der Waals surface area (Å²) < 4.78 is 11.5. The normalized spacial score (nSPS) is 12.6. The Kier molecular flexibility index (Phi) is 15.3. The molecule has 5 heteroatoms. The molecule has 0 saturated heterocycles. The third kappa shape index (κ3) is 18.0. The second-order valence-corrected chi connectivity index (χ2v) is 8.59. The van der Waals surface area contributed by atoms with Crippen molar-refractivity contribution in [3.8, 4) is 0 Å². The number of quaternary nitrogens is 1. The number of ether oxygens (including phenoxy) is 2. The molecule has 0 aliphatic rings. The van der Waals surface area contributed by atoms with Crippen molar-refractivity contribution in [3.63, 3.8) is 0 Å². The van der Waals surface area contributed by atoms with Crippen LogP contribution in [0.1, 0.15) is 90.9 Å². The summed E-state index contributed by atoms with van der Waals surface area (Å²) in [6, 6.07) is 0. The zero-order valence-corrected chi connectivity index (χ0v) is 18.6. The molecule has 0 spiro atoms. The van der Waals surface area contributed by atoms with Crippen molar-refractivity contribution in [3.05, 3.63) is 0 Å². The van der Waals surface area contributed by atoms with Gasteiger partial charge < -0.3 is 14.0 Å². The summed E-state index contributed by atoms with van der Waals surface area (Å²) in [6.45, 7) is 5.33. The van der Waals surface area contributed by atoms with E-state index in [1.54, 1.807) is 0 Å². The van der Waals surface area contributed by atoms with Gasteiger partial charge in [0.05, 0.1) is 34.2 Å². The summed E-state index contributed by atoms with van der Waals surface area (Å²) >= 11 is 0. The fraction of sp³-hybridized carbons (Fsp3) is 0.909. The minimum atomic E-state index is -0.416. The van der Waals surface area contributed by atoms with Gasteiger partial charge in [-0.2, -0.15) is 0 Å². The number of carbonyl (C=O) groups is 2. The van der Waals surface area contributed by atoms with Crippen LogP contribution in [-0.2, 0) is 19.1 Å². The van der Waals surface area contributed by atoms with E-state index >= 15 is 0 Å². The quantitative estimate of drug-likeness (QED) is 0.203. The van der Waals surface area contributed by atoms with Crippen LogP contribution in [0.5, 0.6) is 0 Å². The van der Waals surface area contributed by atoms with E-state index in [9.17, 15) is 9.59 Å². The van der Waals surface area contributed by atoms with Crippen LogP contribution in [0.2, 0.25) is 0 Å². The highest BCUT2D eigenvalue weighted by Crippen LogP contribution is 2.12. The Balaban J connectivity index is 4.13. The lowest BCUT2D eigenvalue weighted by Crippen LogP contribution is -2.44. The molecule has 27 heavy (non-hydrogen) atoms. The van der Waals surface area contributed by atoms with Crippen molar-refractivity contribution in [2.45, 2.75) is 97.0 Å². The van der Waals surface area contributed by atoms with E-state index < -0.39 is 6.10 Å². The lowest BCUT2D eigenvalue weighted by molar-refractivity contribution is -0.873. The molecule has 0 aliphatic carbocycles.